The van der Waals surface area contributed by atoms with Crippen molar-refractivity contribution in [2.24, 2.45) is 11.3 Å². The van der Waals surface area contributed by atoms with Crippen LogP contribution in [0.3, 0.4) is 0 Å². The van der Waals surface area contributed by atoms with E-state index in [1.165, 1.54) is 0 Å². The predicted octanol–water partition coefficient (Wildman–Crippen LogP) is 4.23. The molecule has 0 spiro atoms. The summed E-state index contributed by atoms with van der Waals surface area (Å²) >= 11 is 0. The number of carbonyl (C=O) groups excluding carboxylic acids is 1. The van der Waals surface area contributed by atoms with Gasteiger partial charge in [0.05, 0.1) is 0 Å². The van der Waals surface area contributed by atoms with Crippen molar-refractivity contribution in [2.75, 3.05) is 0 Å². The number of hydrogen-bond acceptors (Lipinski definition) is 2. The lowest BCUT2D eigenvalue weighted by Crippen LogP contribution is -2.14. The lowest BCUT2D eigenvalue weighted by atomic mass is 9.83. The van der Waals surface area contributed by atoms with Gasteiger partial charge in [-0.2, -0.15) is 0 Å². The van der Waals surface area contributed by atoms with Gasteiger partial charge in [0.15, 0.2) is 11.5 Å². The van der Waals surface area contributed by atoms with Gasteiger partial charge >= 0.3 is 0 Å². The molecule has 1 rings (SSSR count). The van der Waals surface area contributed by atoms with Crippen molar-refractivity contribution in [2.45, 2.75) is 47.5 Å². The van der Waals surface area contributed by atoms with Crippen molar-refractivity contribution in [3.8, 4) is 0 Å². The summed E-state index contributed by atoms with van der Waals surface area (Å²) in [5.41, 5.74) is 0.277. The van der Waals surface area contributed by atoms with Crippen molar-refractivity contribution in [3.63, 3.8) is 0 Å². The van der Waals surface area contributed by atoms with E-state index in [0.717, 1.165) is 12.2 Å². The molecule has 2 nitrogen and oxygen atoms in total. The molecule has 0 aliphatic carbocycles. The molecule has 0 N–H and O–H groups in total. The molecule has 0 saturated heterocycles. The highest BCUT2D eigenvalue weighted by Gasteiger charge is 2.19. The summed E-state index contributed by atoms with van der Waals surface area (Å²) in [5, 5.41) is 0. The van der Waals surface area contributed by atoms with Crippen molar-refractivity contribution in [1.82, 2.24) is 0 Å². The van der Waals surface area contributed by atoms with Crippen LogP contribution in [0, 0.1) is 18.3 Å². The summed E-state index contributed by atoms with van der Waals surface area (Å²) in [6.45, 7) is 10.6. The first-order chi connectivity index (χ1) is 7.28. The fourth-order valence-corrected chi connectivity index (χ4v) is 2.12. The number of hydrogen-bond donors (Lipinski definition) is 0. The number of carbonyl (C=O) groups is 1. The Morgan fingerprint density at radius 1 is 1.38 bits per heavy atom. The zero-order chi connectivity index (χ0) is 12.3. The van der Waals surface area contributed by atoms with Crippen LogP contribution in [0.2, 0.25) is 0 Å². The van der Waals surface area contributed by atoms with Gasteiger partial charge in [-0.25, -0.2) is 0 Å². The second-order valence-corrected chi connectivity index (χ2v) is 5.91. The number of Topliss-reactive ketones (excluding diaryl/α,β-unsaturated/α-hetero) is 1. The summed E-state index contributed by atoms with van der Waals surface area (Å²) in [6, 6.07) is 3.60. The van der Waals surface area contributed by atoms with Gasteiger partial charge in [-0.05, 0) is 36.8 Å². The Kier molecular flexibility index (Phi) is 3.95. The Balaban J connectivity index is 2.52. The molecule has 0 fully saturated rings. The lowest BCUT2D eigenvalue weighted by molar-refractivity contribution is 0.0925. The number of rotatable bonds is 4. The fourth-order valence-electron chi connectivity index (χ4n) is 2.12. The maximum absolute atomic E-state index is 11.9. The molecule has 0 saturated carbocycles. The zero-order valence-corrected chi connectivity index (χ0v) is 11.0. The lowest BCUT2D eigenvalue weighted by Gasteiger charge is -2.22. The van der Waals surface area contributed by atoms with Gasteiger partial charge < -0.3 is 4.42 Å². The molecule has 0 aliphatic rings. The normalized spacial score (nSPS) is 13.8. The second kappa shape index (κ2) is 4.86. The molecule has 90 valence electrons. The molecule has 2 heteroatoms. The SMILES string of the molecule is Cc1ccc(C(=O)CC(C)CC(C)(C)C)o1. The third-order valence-electron chi connectivity index (χ3n) is 2.51. The van der Waals surface area contributed by atoms with E-state index in [0.29, 0.717) is 18.1 Å². The first-order valence-corrected chi connectivity index (χ1v) is 5.87. The van der Waals surface area contributed by atoms with E-state index in [9.17, 15) is 4.79 Å². The third kappa shape index (κ3) is 4.21. The number of furan rings is 1. The van der Waals surface area contributed by atoms with Gasteiger partial charge in [-0.1, -0.05) is 27.7 Å². The van der Waals surface area contributed by atoms with Gasteiger partial charge in [0, 0.05) is 6.42 Å². The molecule has 1 unspecified atom stereocenters. The molecule has 1 atom stereocenters. The van der Waals surface area contributed by atoms with Crippen molar-refractivity contribution in [1.29, 1.82) is 0 Å². The molecule has 0 amide bonds. The van der Waals surface area contributed by atoms with Gasteiger partial charge in [-0.3, -0.25) is 4.79 Å². The van der Waals surface area contributed by atoms with Crippen molar-refractivity contribution < 1.29 is 9.21 Å². The van der Waals surface area contributed by atoms with E-state index in [1.807, 2.05) is 13.0 Å². The molecule has 1 heterocycles. The molecule has 0 bridgehead atoms. The Bertz CT molecular complexity index is 355. The van der Waals surface area contributed by atoms with E-state index < -0.39 is 0 Å². The highest BCUT2D eigenvalue weighted by atomic mass is 16.3. The van der Waals surface area contributed by atoms with E-state index in [-0.39, 0.29) is 11.2 Å². The van der Waals surface area contributed by atoms with E-state index in [1.54, 1.807) is 6.07 Å². The molecular weight excluding hydrogens is 200 g/mol. The largest absolute Gasteiger partial charge is 0.458 e. The van der Waals surface area contributed by atoms with Crippen LogP contribution in [0.25, 0.3) is 0 Å². The minimum absolute atomic E-state index is 0.116. The van der Waals surface area contributed by atoms with Gasteiger partial charge in [0.1, 0.15) is 5.76 Å². The van der Waals surface area contributed by atoms with Crippen LogP contribution in [0.5, 0.6) is 0 Å². The first kappa shape index (κ1) is 13.0. The molecular formula is C14H22O2. The van der Waals surface area contributed by atoms with Crippen LogP contribution < -0.4 is 0 Å². The summed E-state index contributed by atoms with van der Waals surface area (Å²) in [6.07, 6.45) is 1.63. The minimum atomic E-state index is 0.116. The maximum Gasteiger partial charge on any atom is 0.198 e. The van der Waals surface area contributed by atoms with Crippen LogP contribution in [-0.4, -0.2) is 5.78 Å². The van der Waals surface area contributed by atoms with E-state index >= 15 is 0 Å². The van der Waals surface area contributed by atoms with Crippen molar-refractivity contribution in [3.05, 3.63) is 23.7 Å². The van der Waals surface area contributed by atoms with Crippen molar-refractivity contribution >= 4 is 5.78 Å². The van der Waals surface area contributed by atoms with Crippen LogP contribution in [-0.2, 0) is 0 Å². The third-order valence-corrected chi connectivity index (χ3v) is 2.51. The number of aryl methyl sites for hydroxylation is 1. The summed E-state index contributed by atoms with van der Waals surface area (Å²) in [5.74, 6) is 1.81. The molecule has 1 aromatic rings. The quantitative estimate of drug-likeness (QED) is 0.713. The molecule has 0 aliphatic heterocycles. The highest BCUT2D eigenvalue weighted by Crippen LogP contribution is 2.27. The highest BCUT2D eigenvalue weighted by molar-refractivity contribution is 5.93. The Morgan fingerprint density at radius 2 is 2.00 bits per heavy atom. The van der Waals surface area contributed by atoms with Gasteiger partial charge in [0.25, 0.3) is 0 Å². The van der Waals surface area contributed by atoms with E-state index in [2.05, 4.69) is 27.7 Å². The molecule has 0 aromatic carbocycles. The van der Waals surface area contributed by atoms with Crippen LogP contribution in [0.15, 0.2) is 16.5 Å². The minimum Gasteiger partial charge on any atom is -0.458 e. The van der Waals surface area contributed by atoms with Crippen LogP contribution in [0.4, 0.5) is 0 Å². The predicted molar refractivity (Wildman–Crippen MR) is 65.6 cm³/mol. The Morgan fingerprint density at radius 3 is 2.44 bits per heavy atom. The standard InChI is InChI=1S/C14H22O2/c1-10(9-14(3,4)5)8-12(15)13-7-6-11(2)16-13/h6-7,10H,8-9H2,1-5H3. The van der Waals surface area contributed by atoms with E-state index in [4.69, 9.17) is 4.42 Å². The average molecular weight is 222 g/mol. The average Bonchev–Trinajstić information content (AvgIpc) is 2.47. The summed E-state index contributed by atoms with van der Waals surface area (Å²) in [4.78, 5) is 11.9. The smallest absolute Gasteiger partial charge is 0.198 e. The Labute approximate surface area is 98.0 Å². The molecule has 16 heavy (non-hydrogen) atoms. The maximum atomic E-state index is 11.9. The van der Waals surface area contributed by atoms with Gasteiger partial charge in [-0.15, -0.1) is 0 Å². The Hall–Kier alpha value is -1.05. The fraction of sp³-hybridized carbons (Fsp3) is 0.643. The molecule has 1 aromatic heterocycles. The zero-order valence-electron chi connectivity index (χ0n) is 11.0. The first-order valence-electron chi connectivity index (χ1n) is 5.87. The van der Waals surface area contributed by atoms with Crippen LogP contribution >= 0.6 is 0 Å². The second-order valence-electron chi connectivity index (χ2n) is 5.91. The summed E-state index contributed by atoms with van der Waals surface area (Å²) < 4.78 is 5.33. The molecule has 0 radical (unpaired) electrons. The van der Waals surface area contributed by atoms with Crippen LogP contribution in [0.1, 0.15) is 56.9 Å². The number of ketones is 1. The topological polar surface area (TPSA) is 30.2 Å². The van der Waals surface area contributed by atoms with Gasteiger partial charge in [0.2, 0.25) is 0 Å². The summed E-state index contributed by atoms with van der Waals surface area (Å²) in [7, 11) is 0. The monoisotopic (exact) mass is 222 g/mol.